The number of rotatable bonds is 6. The van der Waals surface area contributed by atoms with Crippen LogP contribution < -0.4 is 15.4 Å². The second kappa shape index (κ2) is 8.06. The molecule has 0 aromatic heterocycles. The number of ether oxygens (including phenoxy) is 1. The van der Waals surface area contributed by atoms with Gasteiger partial charge in [0, 0.05) is 19.5 Å². The van der Waals surface area contributed by atoms with Gasteiger partial charge >= 0.3 is 6.03 Å². The summed E-state index contributed by atoms with van der Waals surface area (Å²) in [5.41, 5.74) is 6.34. The number of aryl methyl sites for hydroxylation is 2. The van der Waals surface area contributed by atoms with E-state index in [-0.39, 0.29) is 6.03 Å². The molecule has 1 aliphatic heterocycles. The Labute approximate surface area is 149 Å². The number of hydrogen-bond donors (Lipinski definition) is 2. The highest BCUT2D eigenvalue weighted by Gasteiger charge is 2.11. The lowest BCUT2D eigenvalue weighted by atomic mass is 10.0. The van der Waals surface area contributed by atoms with Crippen LogP contribution in [0.15, 0.2) is 36.4 Å². The smallest absolute Gasteiger partial charge is 0.314 e. The van der Waals surface area contributed by atoms with E-state index in [1.807, 2.05) is 6.07 Å². The van der Waals surface area contributed by atoms with E-state index in [1.54, 1.807) is 0 Å². The third-order valence-electron chi connectivity index (χ3n) is 4.63. The molecule has 1 aliphatic rings. The minimum Gasteiger partial charge on any atom is -0.493 e. The Kier molecular flexibility index (Phi) is 5.59. The van der Waals surface area contributed by atoms with E-state index in [0.29, 0.717) is 13.1 Å². The fraction of sp³-hybridized carbons (Fsp3) is 0.381. The second-order valence-corrected chi connectivity index (χ2v) is 6.65. The summed E-state index contributed by atoms with van der Waals surface area (Å²) in [7, 11) is 0. The van der Waals surface area contributed by atoms with E-state index in [4.69, 9.17) is 4.74 Å². The molecule has 0 fully saturated rings. The zero-order chi connectivity index (χ0) is 17.6. The van der Waals surface area contributed by atoms with Crippen LogP contribution >= 0.6 is 0 Å². The quantitative estimate of drug-likeness (QED) is 0.849. The average molecular weight is 338 g/mol. The Morgan fingerprint density at radius 3 is 2.64 bits per heavy atom. The van der Waals surface area contributed by atoms with Crippen molar-refractivity contribution in [2.75, 3.05) is 19.7 Å². The molecule has 4 heteroatoms. The Morgan fingerprint density at radius 1 is 1.04 bits per heavy atom. The summed E-state index contributed by atoms with van der Waals surface area (Å²) in [6.07, 6.45) is 2.66. The van der Waals surface area contributed by atoms with Crippen molar-refractivity contribution in [2.45, 2.75) is 33.1 Å². The van der Waals surface area contributed by atoms with Gasteiger partial charge in [-0.05, 0) is 55.0 Å². The van der Waals surface area contributed by atoms with Crippen molar-refractivity contribution in [1.29, 1.82) is 0 Å². The van der Waals surface area contributed by atoms with Crippen LogP contribution in [0.4, 0.5) is 4.79 Å². The second-order valence-electron chi connectivity index (χ2n) is 6.65. The minimum atomic E-state index is -0.103. The molecule has 3 rings (SSSR count). The Balaban J connectivity index is 1.37. The van der Waals surface area contributed by atoms with Crippen LogP contribution in [0.5, 0.6) is 5.75 Å². The average Bonchev–Trinajstić information content (AvgIpc) is 3.04. The maximum absolute atomic E-state index is 11.9. The molecule has 0 bridgehead atoms. The molecule has 0 radical (unpaired) electrons. The first kappa shape index (κ1) is 17.3. The molecule has 1 heterocycles. The number of hydrogen-bond acceptors (Lipinski definition) is 2. The Morgan fingerprint density at radius 2 is 1.84 bits per heavy atom. The summed E-state index contributed by atoms with van der Waals surface area (Å²) in [4.78, 5) is 11.9. The van der Waals surface area contributed by atoms with Crippen molar-refractivity contribution in [2.24, 2.45) is 0 Å². The topological polar surface area (TPSA) is 50.4 Å². The van der Waals surface area contributed by atoms with Gasteiger partial charge in [-0.2, -0.15) is 0 Å². The Hall–Kier alpha value is -2.49. The van der Waals surface area contributed by atoms with Crippen LogP contribution in [-0.2, 0) is 19.3 Å². The van der Waals surface area contributed by atoms with Gasteiger partial charge in [-0.25, -0.2) is 4.79 Å². The SMILES string of the molecule is Cc1ccc(CCNC(=O)NCCc2ccc3c(c2)CCO3)c(C)c1. The molecule has 0 spiro atoms. The summed E-state index contributed by atoms with van der Waals surface area (Å²) >= 11 is 0. The van der Waals surface area contributed by atoms with Gasteiger partial charge < -0.3 is 15.4 Å². The van der Waals surface area contributed by atoms with Crippen molar-refractivity contribution in [1.82, 2.24) is 10.6 Å². The monoisotopic (exact) mass is 338 g/mol. The third kappa shape index (κ3) is 4.75. The Bertz CT molecular complexity index is 756. The highest BCUT2D eigenvalue weighted by atomic mass is 16.5. The molecular weight excluding hydrogens is 312 g/mol. The number of urea groups is 1. The molecule has 0 aliphatic carbocycles. The lowest BCUT2D eigenvalue weighted by Crippen LogP contribution is -2.37. The predicted molar refractivity (Wildman–Crippen MR) is 100 cm³/mol. The molecule has 2 N–H and O–H groups in total. The van der Waals surface area contributed by atoms with Crippen molar-refractivity contribution in [3.8, 4) is 5.75 Å². The summed E-state index contributed by atoms with van der Waals surface area (Å²) in [5.74, 6) is 1.00. The van der Waals surface area contributed by atoms with Crippen LogP contribution in [0, 0.1) is 13.8 Å². The largest absolute Gasteiger partial charge is 0.493 e. The molecule has 2 aromatic rings. The number of nitrogens with one attached hydrogen (secondary N) is 2. The highest BCUT2D eigenvalue weighted by molar-refractivity contribution is 5.73. The van der Waals surface area contributed by atoms with Gasteiger partial charge in [0.05, 0.1) is 6.61 Å². The standard InChI is InChI=1S/C21H26N2O2/c1-15-3-5-18(16(2)13-15)8-11-23-21(24)22-10-7-17-4-6-20-19(14-17)9-12-25-20/h3-6,13-14H,7-12H2,1-2H3,(H2,22,23,24). The third-order valence-corrected chi connectivity index (χ3v) is 4.63. The minimum absolute atomic E-state index is 0.103. The molecular formula is C21H26N2O2. The molecule has 0 atom stereocenters. The van der Waals surface area contributed by atoms with Gasteiger partial charge in [-0.3, -0.25) is 0 Å². The lowest BCUT2D eigenvalue weighted by molar-refractivity contribution is 0.241. The van der Waals surface area contributed by atoms with Crippen molar-refractivity contribution in [3.05, 3.63) is 64.2 Å². The van der Waals surface area contributed by atoms with Crippen LogP contribution in [0.25, 0.3) is 0 Å². The van der Waals surface area contributed by atoms with Gasteiger partial charge in [-0.1, -0.05) is 35.9 Å². The van der Waals surface area contributed by atoms with Gasteiger partial charge in [-0.15, -0.1) is 0 Å². The van der Waals surface area contributed by atoms with E-state index in [2.05, 4.69) is 54.8 Å². The van der Waals surface area contributed by atoms with E-state index in [1.165, 1.54) is 27.8 Å². The molecule has 132 valence electrons. The van der Waals surface area contributed by atoms with Crippen LogP contribution in [0.1, 0.15) is 27.8 Å². The summed E-state index contributed by atoms with van der Waals surface area (Å²) in [5, 5.41) is 5.86. The number of benzene rings is 2. The summed E-state index contributed by atoms with van der Waals surface area (Å²) < 4.78 is 5.51. The van der Waals surface area contributed by atoms with Crippen LogP contribution in [-0.4, -0.2) is 25.7 Å². The van der Waals surface area contributed by atoms with Crippen molar-refractivity contribution < 1.29 is 9.53 Å². The van der Waals surface area contributed by atoms with Crippen LogP contribution in [0.3, 0.4) is 0 Å². The van der Waals surface area contributed by atoms with E-state index in [0.717, 1.165) is 31.6 Å². The molecule has 0 unspecified atom stereocenters. The van der Waals surface area contributed by atoms with Crippen LogP contribution in [0.2, 0.25) is 0 Å². The van der Waals surface area contributed by atoms with Crippen molar-refractivity contribution in [3.63, 3.8) is 0 Å². The molecule has 0 saturated carbocycles. The molecule has 0 saturated heterocycles. The number of carbonyl (C=O) groups is 1. The lowest BCUT2D eigenvalue weighted by Gasteiger charge is -2.10. The van der Waals surface area contributed by atoms with Crippen molar-refractivity contribution >= 4 is 6.03 Å². The number of carbonyl (C=O) groups excluding carboxylic acids is 1. The maximum Gasteiger partial charge on any atom is 0.314 e. The molecule has 4 nitrogen and oxygen atoms in total. The highest BCUT2D eigenvalue weighted by Crippen LogP contribution is 2.25. The van der Waals surface area contributed by atoms with E-state index in [9.17, 15) is 4.79 Å². The van der Waals surface area contributed by atoms with E-state index >= 15 is 0 Å². The number of fused-ring (bicyclic) bond motifs is 1. The maximum atomic E-state index is 11.9. The molecule has 25 heavy (non-hydrogen) atoms. The predicted octanol–water partition coefficient (Wildman–Crippen LogP) is 3.32. The number of amides is 2. The van der Waals surface area contributed by atoms with Gasteiger partial charge in [0.25, 0.3) is 0 Å². The zero-order valence-corrected chi connectivity index (χ0v) is 15.0. The first-order valence-electron chi connectivity index (χ1n) is 8.94. The molecule has 2 aromatic carbocycles. The first-order valence-corrected chi connectivity index (χ1v) is 8.94. The fourth-order valence-corrected chi connectivity index (χ4v) is 3.22. The zero-order valence-electron chi connectivity index (χ0n) is 15.0. The normalized spacial score (nSPS) is 12.4. The van der Waals surface area contributed by atoms with Gasteiger partial charge in [0.1, 0.15) is 5.75 Å². The fourth-order valence-electron chi connectivity index (χ4n) is 3.22. The van der Waals surface area contributed by atoms with E-state index < -0.39 is 0 Å². The van der Waals surface area contributed by atoms with Gasteiger partial charge in [0.15, 0.2) is 0 Å². The summed E-state index contributed by atoms with van der Waals surface area (Å²) in [6.45, 7) is 6.27. The summed E-state index contributed by atoms with van der Waals surface area (Å²) in [6, 6.07) is 12.6. The first-order chi connectivity index (χ1) is 12.1. The van der Waals surface area contributed by atoms with Gasteiger partial charge in [0.2, 0.25) is 0 Å². The molecule has 2 amide bonds.